The fourth-order valence-electron chi connectivity index (χ4n) is 6.31. The Bertz CT molecular complexity index is 1180. The average Bonchev–Trinajstić information content (AvgIpc) is 3.23. The zero-order chi connectivity index (χ0) is 42.1. The van der Waals surface area contributed by atoms with E-state index in [4.69, 9.17) is 0 Å². The molecule has 0 spiro atoms. The van der Waals surface area contributed by atoms with Crippen molar-refractivity contribution in [1.82, 2.24) is 5.32 Å². The zero-order valence-electron chi connectivity index (χ0n) is 37.5. The molecule has 328 valence electrons. The monoisotopic (exact) mass is 800 g/mol. The summed E-state index contributed by atoms with van der Waals surface area (Å²) in [6.07, 6.45) is 74.6. The van der Waals surface area contributed by atoms with Crippen LogP contribution < -0.4 is 5.32 Å². The van der Waals surface area contributed by atoms with Gasteiger partial charge in [-0.2, -0.15) is 0 Å². The molecular formula is C54H89NO3. The average molecular weight is 800 g/mol. The number of allylic oxidation sites excluding steroid dienone is 19. The molecule has 0 saturated carbocycles. The van der Waals surface area contributed by atoms with Gasteiger partial charge in [0.05, 0.1) is 18.8 Å². The summed E-state index contributed by atoms with van der Waals surface area (Å²) in [4.78, 5) is 12.4. The van der Waals surface area contributed by atoms with E-state index in [1.165, 1.54) is 77.0 Å². The fraction of sp³-hybridized carbons (Fsp3) is 0.611. The number of amides is 1. The van der Waals surface area contributed by atoms with Crippen LogP contribution in [0.2, 0.25) is 0 Å². The summed E-state index contributed by atoms with van der Waals surface area (Å²) in [6.45, 7) is 4.15. The van der Waals surface area contributed by atoms with Gasteiger partial charge in [-0.05, 0) is 103 Å². The predicted molar refractivity (Wildman–Crippen MR) is 257 cm³/mol. The lowest BCUT2D eigenvalue weighted by Gasteiger charge is -2.19. The van der Waals surface area contributed by atoms with Crippen LogP contribution in [0.3, 0.4) is 0 Å². The highest BCUT2D eigenvalue weighted by atomic mass is 16.3. The fourth-order valence-corrected chi connectivity index (χ4v) is 6.31. The first kappa shape index (κ1) is 54.8. The largest absolute Gasteiger partial charge is 0.394 e. The minimum Gasteiger partial charge on any atom is -0.394 e. The second-order valence-electron chi connectivity index (χ2n) is 15.4. The van der Waals surface area contributed by atoms with Crippen LogP contribution in [0, 0.1) is 0 Å². The minimum absolute atomic E-state index is 0.115. The predicted octanol–water partition coefficient (Wildman–Crippen LogP) is 15.3. The molecule has 0 heterocycles. The van der Waals surface area contributed by atoms with Crippen molar-refractivity contribution in [2.24, 2.45) is 0 Å². The van der Waals surface area contributed by atoms with Crippen molar-refractivity contribution >= 4 is 5.91 Å². The summed E-state index contributed by atoms with van der Waals surface area (Å²) in [5.74, 6) is -0.115. The van der Waals surface area contributed by atoms with Crippen molar-refractivity contribution in [3.8, 4) is 0 Å². The Labute approximate surface area is 358 Å². The molecule has 0 bridgehead atoms. The first-order valence-corrected chi connectivity index (χ1v) is 23.7. The van der Waals surface area contributed by atoms with Crippen LogP contribution >= 0.6 is 0 Å². The molecule has 3 N–H and O–H groups in total. The molecule has 58 heavy (non-hydrogen) atoms. The quantitative estimate of drug-likeness (QED) is 0.0426. The Morgan fingerprint density at radius 1 is 0.431 bits per heavy atom. The number of hydrogen-bond donors (Lipinski definition) is 3. The molecule has 0 aromatic rings. The summed E-state index contributed by atoms with van der Waals surface area (Å²) < 4.78 is 0. The second kappa shape index (κ2) is 48.2. The van der Waals surface area contributed by atoms with E-state index < -0.39 is 12.1 Å². The first-order chi connectivity index (χ1) is 28.7. The number of rotatable bonds is 41. The van der Waals surface area contributed by atoms with Crippen LogP contribution in [0.15, 0.2) is 122 Å². The molecule has 0 fully saturated rings. The van der Waals surface area contributed by atoms with Gasteiger partial charge >= 0.3 is 0 Å². The number of carbonyl (C=O) groups excluding carboxylic acids is 1. The molecule has 2 unspecified atom stereocenters. The van der Waals surface area contributed by atoms with Gasteiger partial charge in [-0.15, -0.1) is 0 Å². The van der Waals surface area contributed by atoms with E-state index in [9.17, 15) is 15.0 Å². The van der Waals surface area contributed by atoms with Crippen molar-refractivity contribution in [2.75, 3.05) is 6.61 Å². The SMILES string of the molecule is CC/C=C\C/C=C\C/C=C\C/C=C\C/C=C\C/C=C\C/C=C\CCCCCC(=O)NC(CO)C(O)/C=C/CC/C=C/CC/C=C/CCCCCCCCCCCCC. The second-order valence-corrected chi connectivity index (χ2v) is 15.4. The molecule has 0 aliphatic rings. The standard InChI is InChI=1S/C54H89NO3/c1-3-5-7-9-11-13-15-17-19-21-23-25-26-27-28-30-32-34-36-38-40-42-44-46-48-50-54(58)55-52(51-56)53(57)49-47-45-43-41-39-37-35-33-31-29-24-22-20-18-16-14-12-10-8-6-4-2/h5,7,11,13,17,19,23,25,27-28,31-34,38-41,47,49,52-53,56-57H,3-4,6,8-10,12,14-16,18,20-22,24,26,29-30,35-37,42-46,48,50-51H2,1-2H3,(H,55,58)/b7-5-,13-11-,19-17-,25-23-,28-27-,33-31+,34-32-,40-38-,41-39+,49-47+. The van der Waals surface area contributed by atoms with Gasteiger partial charge < -0.3 is 15.5 Å². The summed E-state index contributed by atoms with van der Waals surface area (Å²) in [6, 6.07) is -0.673. The highest BCUT2D eigenvalue weighted by Gasteiger charge is 2.17. The van der Waals surface area contributed by atoms with Gasteiger partial charge in [-0.3, -0.25) is 4.79 Å². The molecule has 4 nitrogen and oxygen atoms in total. The van der Waals surface area contributed by atoms with E-state index in [1.807, 2.05) is 6.08 Å². The van der Waals surface area contributed by atoms with Crippen molar-refractivity contribution in [2.45, 2.75) is 206 Å². The molecule has 0 aliphatic carbocycles. The summed E-state index contributed by atoms with van der Waals surface area (Å²) in [7, 11) is 0. The molecular weight excluding hydrogens is 711 g/mol. The maximum atomic E-state index is 12.4. The van der Waals surface area contributed by atoms with E-state index in [-0.39, 0.29) is 12.5 Å². The molecule has 0 radical (unpaired) electrons. The van der Waals surface area contributed by atoms with Gasteiger partial charge in [0.1, 0.15) is 0 Å². The van der Waals surface area contributed by atoms with Crippen LogP contribution in [0.4, 0.5) is 0 Å². The van der Waals surface area contributed by atoms with E-state index in [2.05, 4.69) is 129 Å². The number of unbranched alkanes of at least 4 members (excludes halogenated alkanes) is 16. The third kappa shape index (κ3) is 43.9. The van der Waals surface area contributed by atoms with E-state index in [1.54, 1.807) is 6.08 Å². The number of carbonyl (C=O) groups is 1. The molecule has 0 aromatic carbocycles. The topological polar surface area (TPSA) is 69.6 Å². The molecule has 0 aromatic heterocycles. The zero-order valence-corrected chi connectivity index (χ0v) is 37.5. The molecule has 4 heteroatoms. The number of nitrogens with one attached hydrogen (secondary N) is 1. The molecule has 0 aliphatic heterocycles. The van der Waals surface area contributed by atoms with Crippen molar-refractivity contribution < 1.29 is 15.0 Å². The van der Waals surface area contributed by atoms with Crippen LogP contribution in [0.5, 0.6) is 0 Å². The lowest BCUT2D eigenvalue weighted by atomic mass is 10.1. The molecule has 2 atom stereocenters. The Balaban J connectivity index is 3.77. The van der Waals surface area contributed by atoms with E-state index in [0.29, 0.717) is 6.42 Å². The van der Waals surface area contributed by atoms with Crippen LogP contribution in [0.1, 0.15) is 194 Å². The lowest BCUT2D eigenvalue weighted by Crippen LogP contribution is -2.45. The lowest BCUT2D eigenvalue weighted by molar-refractivity contribution is -0.123. The summed E-state index contributed by atoms with van der Waals surface area (Å²) in [5, 5.41) is 23.0. The molecule has 1 amide bonds. The third-order valence-electron chi connectivity index (χ3n) is 9.91. The van der Waals surface area contributed by atoms with Gasteiger partial charge in [0.25, 0.3) is 0 Å². The number of hydrogen-bond acceptors (Lipinski definition) is 3. The van der Waals surface area contributed by atoms with Crippen LogP contribution in [-0.4, -0.2) is 34.9 Å². The maximum Gasteiger partial charge on any atom is 0.220 e. The maximum absolute atomic E-state index is 12.4. The Morgan fingerprint density at radius 2 is 0.776 bits per heavy atom. The minimum atomic E-state index is -0.894. The van der Waals surface area contributed by atoms with Crippen molar-refractivity contribution in [1.29, 1.82) is 0 Å². The third-order valence-corrected chi connectivity index (χ3v) is 9.91. The van der Waals surface area contributed by atoms with Gasteiger partial charge in [0.2, 0.25) is 5.91 Å². The van der Waals surface area contributed by atoms with Gasteiger partial charge in [0, 0.05) is 6.42 Å². The Morgan fingerprint density at radius 3 is 1.21 bits per heavy atom. The van der Waals surface area contributed by atoms with Crippen LogP contribution in [-0.2, 0) is 4.79 Å². The van der Waals surface area contributed by atoms with Crippen molar-refractivity contribution in [3.63, 3.8) is 0 Å². The molecule has 0 rings (SSSR count). The Hall–Kier alpha value is -3.21. The number of aliphatic hydroxyl groups excluding tert-OH is 2. The summed E-state index contributed by atoms with van der Waals surface area (Å²) in [5.41, 5.74) is 0. The highest BCUT2D eigenvalue weighted by molar-refractivity contribution is 5.76. The van der Waals surface area contributed by atoms with Gasteiger partial charge in [-0.25, -0.2) is 0 Å². The van der Waals surface area contributed by atoms with E-state index >= 15 is 0 Å². The van der Waals surface area contributed by atoms with Crippen LogP contribution in [0.25, 0.3) is 0 Å². The highest BCUT2D eigenvalue weighted by Crippen LogP contribution is 2.12. The number of aliphatic hydroxyl groups is 2. The smallest absolute Gasteiger partial charge is 0.220 e. The van der Waals surface area contributed by atoms with Crippen molar-refractivity contribution in [3.05, 3.63) is 122 Å². The van der Waals surface area contributed by atoms with E-state index in [0.717, 1.165) is 96.3 Å². The summed E-state index contributed by atoms with van der Waals surface area (Å²) >= 11 is 0. The molecule has 0 saturated heterocycles. The van der Waals surface area contributed by atoms with Gasteiger partial charge in [0.15, 0.2) is 0 Å². The van der Waals surface area contributed by atoms with Gasteiger partial charge in [-0.1, -0.05) is 206 Å². The first-order valence-electron chi connectivity index (χ1n) is 23.7. The Kier molecular flexibility index (Phi) is 45.5. The normalized spacial score (nSPS) is 14.1.